The predicted octanol–water partition coefficient (Wildman–Crippen LogP) is 4.51. The van der Waals surface area contributed by atoms with Gasteiger partial charge in [0.1, 0.15) is 0 Å². The zero-order valence-electron chi connectivity index (χ0n) is 10.2. The van der Waals surface area contributed by atoms with Gasteiger partial charge in [0, 0.05) is 4.47 Å². The Labute approximate surface area is 117 Å². The number of aryl methyl sites for hydroxylation is 1. The van der Waals surface area contributed by atoms with Gasteiger partial charge in [-0.3, -0.25) is 0 Å². The van der Waals surface area contributed by atoms with Gasteiger partial charge < -0.3 is 5.11 Å². The van der Waals surface area contributed by atoms with E-state index in [9.17, 15) is 5.11 Å². The fraction of sp³-hybridized carbons (Fsp3) is 0.250. The van der Waals surface area contributed by atoms with Gasteiger partial charge in [-0.05, 0) is 42.5 Å². The van der Waals surface area contributed by atoms with Crippen LogP contribution in [-0.2, 0) is 6.42 Å². The largest absolute Gasteiger partial charge is 0.388 e. The third-order valence-corrected chi connectivity index (χ3v) is 3.57. The molecule has 18 heavy (non-hydrogen) atoms. The molecule has 0 bridgehead atoms. The minimum absolute atomic E-state index is 0.359. The molecule has 2 rings (SSSR count). The van der Waals surface area contributed by atoms with Gasteiger partial charge in [0.25, 0.3) is 0 Å². The molecule has 0 amide bonds. The summed E-state index contributed by atoms with van der Waals surface area (Å²) in [4.78, 5) is 0. The number of rotatable bonds is 5. The molecule has 0 aliphatic heterocycles. The monoisotopic (exact) mass is 304 g/mol. The molecule has 1 unspecified atom stereocenters. The lowest BCUT2D eigenvalue weighted by atomic mass is 10.0. The van der Waals surface area contributed by atoms with Crippen LogP contribution in [0.2, 0.25) is 0 Å². The highest BCUT2D eigenvalue weighted by Crippen LogP contribution is 2.21. The molecule has 0 spiro atoms. The summed E-state index contributed by atoms with van der Waals surface area (Å²) in [5.74, 6) is 0. The van der Waals surface area contributed by atoms with Crippen LogP contribution < -0.4 is 0 Å². The molecule has 2 aromatic carbocycles. The van der Waals surface area contributed by atoms with Crippen molar-refractivity contribution in [1.29, 1.82) is 0 Å². The van der Waals surface area contributed by atoms with E-state index in [-0.39, 0.29) is 6.10 Å². The molecule has 0 aromatic heterocycles. The molecule has 2 heteroatoms. The molecule has 0 aliphatic carbocycles. The molecule has 2 aromatic rings. The second-order valence-corrected chi connectivity index (χ2v) is 5.36. The molecule has 1 nitrogen and oxygen atoms in total. The van der Waals surface area contributed by atoms with E-state index in [1.165, 1.54) is 5.56 Å². The van der Waals surface area contributed by atoms with Gasteiger partial charge in [0.05, 0.1) is 6.10 Å². The third-order valence-electron chi connectivity index (χ3n) is 3.04. The average Bonchev–Trinajstić information content (AvgIpc) is 2.40. The van der Waals surface area contributed by atoms with Crippen LogP contribution in [0.1, 0.15) is 30.1 Å². The van der Waals surface area contributed by atoms with Crippen molar-refractivity contribution in [2.45, 2.75) is 25.4 Å². The summed E-state index contributed by atoms with van der Waals surface area (Å²) in [6, 6.07) is 18.3. The van der Waals surface area contributed by atoms with Gasteiger partial charge in [-0.1, -0.05) is 58.4 Å². The van der Waals surface area contributed by atoms with E-state index in [0.29, 0.717) is 0 Å². The van der Waals surface area contributed by atoms with E-state index in [2.05, 4.69) is 40.2 Å². The first-order chi connectivity index (χ1) is 8.75. The summed E-state index contributed by atoms with van der Waals surface area (Å²) >= 11 is 3.40. The van der Waals surface area contributed by atoms with Crippen molar-refractivity contribution in [3.63, 3.8) is 0 Å². The molecule has 0 saturated heterocycles. The van der Waals surface area contributed by atoms with Crippen LogP contribution in [0.25, 0.3) is 0 Å². The summed E-state index contributed by atoms with van der Waals surface area (Å²) in [5, 5.41) is 10.1. The van der Waals surface area contributed by atoms with E-state index in [1.807, 2.05) is 30.3 Å². The average molecular weight is 305 g/mol. The zero-order valence-corrected chi connectivity index (χ0v) is 11.8. The van der Waals surface area contributed by atoms with E-state index >= 15 is 0 Å². The van der Waals surface area contributed by atoms with Crippen LogP contribution in [0.5, 0.6) is 0 Å². The maximum Gasteiger partial charge on any atom is 0.0790 e. The van der Waals surface area contributed by atoms with Crippen LogP contribution in [0.15, 0.2) is 59.1 Å². The predicted molar refractivity (Wildman–Crippen MR) is 78.5 cm³/mol. The van der Waals surface area contributed by atoms with Gasteiger partial charge in [-0.15, -0.1) is 0 Å². The van der Waals surface area contributed by atoms with Gasteiger partial charge >= 0.3 is 0 Å². The quantitative estimate of drug-likeness (QED) is 0.862. The van der Waals surface area contributed by atoms with Crippen LogP contribution in [0.4, 0.5) is 0 Å². The van der Waals surface area contributed by atoms with Crippen molar-refractivity contribution in [2.24, 2.45) is 0 Å². The Hall–Kier alpha value is -1.12. The highest BCUT2D eigenvalue weighted by Gasteiger charge is 2.06. The second-order valence-electron chi connectivity index (χ2n) is 4.45. The SMILES string of the molecule is OC(CCCc1ccccc1)c1ccc(Br)cc1. The summed E-state index contributed by atoms with van der Waals surface area (Å²) < 4.78 is 1.04. The Morgan fingerprint density at radius 3 is 2.28 bits per heavy atom. The highest BCUT2D eigenvalue weighted by atomic mass is 79.9. The molecular weight excluding hydrogens is 288 g/mol. The van der Waals surface area contributed by atoms with Crippen molar-refractivity contribution in [3.8, 4) is 0 Å². The number of benzene rings is 2. The van der Waals surface area contributed by atoms with Crippen molar-refractivity contribution in [2.75, 3.05) is 0 Å². The third kappa shape index (κ3) is 3.97. The van der Waals surface area contributed by atoms with Crippen molar-refractivity contribution in [1.82, 2.24) is 0 Å². The number of halogens is 1. The van der Waals surface area contributed by atoms with Crippen LogP contribution in [0, 0.1) is 0 Å². The summed E-state index contributed by atoms with van der Waals surface area (Å²) in [5.41, 5.74) is 2.33. The number of aliphatic hydroxyl groups excluding tert-OH is 1. The smallest absolute Gasteiger partial charge is 0.0790 e. The maximum absolute atomic E-state index is 10.1. The van der Waals surface area contributed by atoms with Crippen LogP contribution in [0.3, 0.4) is 0 Å². The van der Waals surface area contributed by atoms with E-state index in [0.717, 1.165) is 29.3 Å². The van der Waals surface area contributed by atoms with E-state index in [4.69, 9.17) is 0 Å². The highest BCUT2D eigenvalue weighted by molar-refractivity contribution is 9.10. The minimum atomic E-state index is -0.359. The van der Waals surface area contributed by atoms with Crippen molar-refractivity contribution < 1.29 is 5.11 Å². The van der Waals surface area contributed by atoms with Crippen molar-refractivity contribution in [3.05, 3.63) is 70.2 Å². The van der Waals surface area contributed by atoms with Gasteiger partial charge in [-0.25, -0.2) is 0 Å². The van der Waals surface area contributed by atoms with E-state index in [1.54, 1.807) is 0 Å². The van der Waals surface area contributed by atoms with Crippen LogP contribution in [-0.4, -0.2) is 5.11 Å². The first kappa shape index (κ1) is 13.3. The molecule has 1 atom stereocenters. The topological polar surface area (TPSA) is 20.2 Å². The molecular formula is C16H17BrO. The molecule has 1 N–H and O–H groups in total. The fourth-order valence-corrected chi connectivity index (χ4v) is 2.26. The fourth-order valence-electron chi connectivity index (χ4n) is 2.00. The molecule has 0 saturated carbocycles. The van der Waals surface area contributed by atoms with Gasteiger partial charge in [-0.2, -0.15) is 0 Å². The number of aliphatic hydroxyl groups is 1. The maximum atomic E-state index is 10.1. The molecule has 94 valence electrons. The Bertz CT molecular complexity index is 464. The molecule has 0 aliphatic rings. The first-order valence-electron chi connectivity index (χ1n) is 6.23. The minimum Gasteiger partial charge on any atom is -0.388 e. The lowest BCUT2D eigenvalue weighted by Crippen LogP contribution is -1.98. The first-order valence-corrected chi connectivity index (χ1v) is 7.02. The van der Waals surface area contributed by atoms with E-state index < -0.39 is 0 Å². The zero-order chi connectivity index (χ0) is 12.8. The Morgan fingerprint density at radius 1 is 0.944 bits per heavy atom. The summed E-state index contributed by atoms with van der Waals surface area (Å²) in [6.45, 7) is 0. The number of hydrogen-bond donors (Lipinski definition) is 1. The van der Waals surface area contributed by atoms with Gasteiger partial charge in [0.15, 0.2) is 0 Å². The lowest BCUT2D eigenvalue weighted by Gasteiger charge is -2.11. The summed E-state index contributed by atoms with van der Waals surface area (Å²) in [7, 11) is 0. The summed E-state index contributed by atoms with van der Waals surface area (Å²) in [6.07, 6.45) is 2.47. The number of hydrogen-bond acceptors (Lipinski definition) is 1. The Morgan fingerprint density at radius 2 is 1.61 bits per heavy atom. The molecule has 0 radical (unpaired) electrons. The Kier molecular flexibility index (Phi) is 4.97. The van der Waals surface area contributed by atoms with Gasteiger partial charge in [0.2, 0.25) is 0 Å². The standard InChI is InChI=1S/C16H17BrO/c17-15-11-9-14(10-12-15)16(18)8-4-7-13-5-2-1-3-6-13/h1-3,5-6,9-12,16,18H,4,7-8H2. The second kappa shape index (κ2) is 6.72. The molecule has 0 fully saturated rings. The van der Waals surface area contributed by atoms with Crippen molar-refractivity contribution >= 4 is 15.9 Å². The van der Waals surface area contributed by atoms with Crippen LogP contribution >= 0.6 is 15.9 Å². The Balaban J connectivity index is 1.81. The molecule has 0 heterocycles. The normalized spacial score (nSPS) is 12.3. The lowest BCUT2D eigenvalue weighted by molar-refractivity contribution is 0.164.